The fraction of sp³-hybridized carbons (Fsp3) is 0.625. The normalized spacial score (nSPS) is 20.7. The lowest BCUT2D eigenvalue weighted by atomic mass is 10.1. The summed E-state index contributed by atoms with van der Waals surface area (Å²) < 4.78 is 0. The zero-order valence-corrected chi connectivity index (χ0v) is 15.0. The zero-order chi connectivity index (χ0) is 15.5. The summed E-state index contributed by atoms with van der Waals surface area (Å²) in [6, 6.07) is 2.44. The van der Waals surface area contributed by atoms with E-state index in [0.717, 1.165) is 32.6 Å². The molecule has 7 heteroatoms. The minimum absolute atomic E-state index is 0. The van der Waals surface area contributed by atoms with Gasteiger partial charge in [0.1, 0.15) is 0 Å². The van der Waals surface area contributed by atoms with Gasteiger partial charge in [0.25, 0.3) is 0 Å². The van der Waals surface area contributed by atoms with Crippen LogP contribution in [0.1, 0.15) is 30.2 Å². The standard InChI is InChI=1S/C16H23N3O2S.ClH/c1-12-10-19(8-6-17-12)16(21)3-2-15(20)18-7-4-14-13(11-18)5-9-22-14;/h5,9,12,17H,2-4,6-8,10-11H2,1H3;1H. The van der Waals surface area contributed by atoms with Gasteiger partial charge in [0.2, 0.25) is 11.8 Å². The fourth-order valence-electron chi connectivity index (χ4n) is 3.15. The van der Waals surface area contributed by atoms with Crippen molar-refractivity contribution in [2.24, 2.45) is 0 Å². The van der Waals surface area contributed by atoms with Gasteiger partial charge >= 0.3 is 0 Å². The topological polar surface area (TPSA) is 52.7 Å². The first kappa shape index (κ1) is 18.2. The lowest BCUT2D eigenvalue weighted by Gasteiger charge is -2.32. The fourth-order valence-corrected chi connectivity index (χ4v) is 4.04. The van der Waals surface area contributed by atoms with E-state index in [4.69, 9.17) is 0 Å². The van der Waals surface area contributed by atoms with Crippen molar-refractivity contribution >= 4 is 35.6 Å². The number of piperazine rings is 1. The quantitative estimate of drug-likeness (QED) is 0.895. The predicted octanol–water partition coefficient (Wildman–Crippen LogP) is 1.66. The number of amides is 2. The Balaban J connectivity index is 0.00000192. The summed E-state index contributed by atoms with van der Waals surface area (Å²) >= 11 is 1.77. The van der Waals surface area contributed by atoms with Gasteiger partial charge in [-0.3, -0.25) is 9.59 Å². The third kappa shape index (κ3) is 4.46. The molecule has 0 bridgehead atoms. The van der Waals surface area contributed by atoms with E-state index in [1.807, 2.05) is 9.80 Å². The first-order valence-corrected chi connectivity index (χ1v) is 8.85. The Hall–Kier alpha value is -1.11. The minimum Gasteiger partial charge on any atom is -0.340 e. The van der Waals surface area contributed by atoms with Gasteiger partial charge in [-0.15, -0.1) is 23.7 Å². The van der Waals surface area contributed by atoms with Gasteiger partial charge in [-0.05, 0) is 30.4 Å². The number of nitrogens with zero attached hydrogens (tertiary/aromatic N) is 2. The Kier molecular flexibility index (Phi) is 6.44. The van der Waals surface area contributed by atoms with Gasteiger partial charge in [-0.2, -0.15) is 0 Å². The summed E-state index contributed by atoms with van der Waals surface area (Å²) in [6.07, 6.45) is 1.61. The van der Waals surface area contributed by atoms with Crippen molar-refractivity contribution in [2.75, 3.05) is 26.2 Å². The summed E-state index contributed by atoms with van der Waals surface area (Å²) in [5.74, 6) is 0.211. The molecule has 3 rings (SSSR count). The molecule has 1 aromatic rings. The molecule has 1 aromatic heterocycles. The second-order valence-corrected chi connectivity index (χ2v) is 7.13. The second-order valence-electron chi connectivity index (χ2n) is 6.13. The molecule has 2 amide bonds. The molecule has 0 radical (unpaired) electrons. The number of hydrogen-bond donors (Lipinski definition) is 1. The number of halogens is 1. The van der Waals surface area contributed by atoms with Crippen LogP contribution in [0, 0.1) is 0 Å². The molecule has 3 heterocycles. The van der Waals surface area contributed by atoms with Crippen LogP contribution in [0.25, 0.3) is 0 Å². The Morgan fingerprint density at radius 1 is 1.26 bits per heavy atom. The molecule has 0 spiro atoms. The lowest BCUT2D eigenvalue weighted by molar-refractivity contribution is -0.138. The van der Waals surface area contributed by atoms with E-state index in [-0.39, 0.29) is 24.2 Å². The van der Waals surface area contributed by atoms with Crippen molar-refractivity contribution in [3.05, 3.63) is 21.9 Å². The number of rotatable bonds is 3. The molecule has 5 nitrogen and oxygen atoms in total. The van der Waals surface area contributed by atoms with Crippen molar-refractivity contribution in [1.82, 2.24) is 15.1 Å². The maximum absolute atomic E-state index is 12.3. The number of carbonyl (C=O) groups excluding carboxylic acids is 2. The minimum atomic E-state index is 0. The van der Waals surface area contributed by atoms with Gasteiger partial charge in [0, 0.05) is 56.5 Å². The molecule has 1 N–H and O–H groups in total. The van der Waals surface area contributed by atoms with Crippen molar-refractivity contribution in [1.29, 1.82) is 0 Å². The molecule has 2 aliphatic heterocycles. The Morgan fingerprint density at radius 2 is 2.00 bits per heavy atom. The third-order valence-corrected chi connectivity index (χ3v) is 5.46. The monoisotopic (exact) mass is 357 g/mol. The first-order valence-electron chi connectivity index (χ1n) is 7.97. The highest BCUT2D eigenvalue weighted by Crippen LogP contribution is 2.24. The SMILES string of the molecule is CC1CN(C(=O)CCC(=O)N2CCc3sccc3C2)CCN1.Cl. The zero-order valence-electron chi connectivity index (χ0n) is 13.4. The number of carbonyl (C=O) groups is 2. The molecular formula is C16H24ClN3O2S. The van der Waals surface area contributed by atoms with Crippen molar-refractivity contribution in [3.8, 4) is 0 Å². The van der Waals surface area contributed by atoms with E-state index in [1.54, 1.807) is 11.3 Å². The van der Waals surface area contributed by atoms with E-state index < -0.39 is 0 Å². The largest absolute Gasteiger partial charge is 0.340 e. The van der Waals surface area contributed by atoms with Crippen LogP contribution in [-0.2, 0) is 22.6 Å². The van der Waals surface area contributed by atoms with E-state index in [0.29, 0.717) is 25.4 Å². The lowest BCUT2D eigenvalue weighted by Crippen LogP contribution is -2.51. The molecular weight excluding hydrogens is 334 g/mol. The number of hydrogen-bond acceptors (Lipinski definition) is 4. The Labute approximate surface area is 147 Å². The Bertz CT molecular complexity index is 563. The van der Waals surface area contributed by atoms with Gasteiger partial charge in [0.15, 0.2) is 0 Å². The third-order valence-electron chi connectivity index (χ3n) is 4.43. The molecule has 0 aliphatic carbocycles. The highest BCUT2D eigenvalue weighted by Gasteiger charge is 2.24. The van der Waals surface area contributed by atoms with Gasteiger partial charge in [0.05, 0.1) is 0 Å². The predicted molar refractivity (Wildman–Crippen MR) is 94.0 cm³/mol. The van der Waals surface area contributed by atoms with E-state index in [2.05, 4.69) is 23.7 Å². The summed E-state index contributed by atoms with van der Waals surface area (Å²) in [5, 5.41) is 5.41. The van der Waals surface area contributed by atoms with Gasteiger partial charge in [-0.1, -0.05) is 0 Å². The Morgan fingerprint density at radius 3 is 2.74 bits per heavy atom. The maximum atomic E-state index is 12.3. The molecule has 1 unspecified atom stereocenters. The van der Waals surface area contributed by atoms with Gasteiger partial charge < -0.3 is 15.1 Å². The molecule has 2 aliphatic rings. The highest BCUT2D eigenvalue weighted by molar-refractivity contribution is 7.10. The molecule has 1 fully saturated rings. The molecule has 0 aromatic carbocycles. The van der Waals surface area contributed by atoms with Crippen LogP contribution in [0.3, 0.4) is 0 Å². The summed E-state index contributed by atoms with van der Waals surface area (Å²) in [5.41, 5.74) is 1.27. The highest BCUT2D eigenvalue weighted by atomic mass is 35.5. The summed E-state index contributed by atoms with van der Waals surface area (Å²) in [7, 11) is 0. The van der Waals surface area contributed by atoms with Crippen molar-refractivity contribution < 1.29 is 9.59 Å². The van der Waals surface area contributed by atoms with Crippen LogP contribution in [0.4, 0.5) is 0 Å². The first-order chi connectivity index (χ1) is 10.6. The summed E-state index contributed by atoms with van der Waals surface area (Å²) in [4.78, 5) is 29.7. The van der Waals surface area contributed by atoms with Crippen molar-refractivity contribution in [3.63, 3.8) is 0 Å². The number of nitrogens with one attached hydrogen (secondary N) is 1. The van der Waals surface area contributed by atoms with E-state index >= 15 is 0 Å². The van der Waals surface area contributed by atoms with Crippen molar-refractivity contribution in [2.45, 2.75) is 38.8 Å². The van der Waals surface area contributed by atoms with Crippen LogP contribution >= 0.6 is 23.7 Å². The number of fused-ring (bicyclic) bond motifs is 1. The van der Waals surface area contributed by atoms with Gasteiger partial charge in [-0.25, -0.2) is 0 Å². The van der Waals surface area contributed by atoms with Crippen LogP contribution < -0.4 is 5.32 Å². The van der Waals surface area contributed by atoms with Crippen LogP contribution in [0.5, 0.6) is 0 Å². The second kappa shape index (κ2) is 8.13. The molecule has 1 saturated heterocycles. The van der Waals surface area contributed by atoms with Crippen LogP contribution in [-0.4, -0.2) is 53.8 Å². The molecule has 128 valence electrons. The molecule has 0 saturated carbocycles. The van der Waals surface area contributed by atoms with Crippen LogP contribution in [0.15, 0.2) is 11.4 Å². The maximum Gasteiger partial charge on any atom is 0.223 e. The number of thiophene rings is 1. The smallest absolute Gasteiger partial charge is 0.223 e. The average molecular weight is 358 g/mol. The van der Waals surface area contributed by atoms with E-state index in [9.17, 15) is 9.59 Å². The molecule has 23 heavy (non-hydrogen) atoms. The summed E-state index contributed by atoms with van der Waals surface area (Å²) in [6.45, 7) is 5.90. The average Bonchev–Trinajstić information content (AvgIpc) is 2.99. The van der Waals surface area contributed by atoms with Crippen LogP contribution in [0.2, 0.25) is 0 Å². The van der Waals surface area contributed by atoms with E-state index in [1.165, 1.54) is 10.4 Å². The molecule has 1 atom stereocenters.